The summed E-state index contributed by atoms with van der Waals surface area (Å²) in [6.45, 7) is 5.47. The zero-order chi connectivity index (χ0) is 14.0. The molecule has 1 aromatic rings. The summed E-state index contributed by atoms with van der Waals surface area (Å²) in [5, 5.41) is 5.08. The number of nitrogens with one attached hydrogen (secondary N) is 1. The molecule has 2 heterocycles. The largest absolute Gasteiger partial charge is 0.352 e. The van der Waals surface area contributed by atoms with Crippen LogP contribution in [0.3, 0.4) is 0 Å². The zero-order valence-corrected chi connectivity index (χ0v) is 13.6. The SMILES string of the molecule is CC(=O)NC1CCN(C(c2cc(Br)cs2)C(C)N)C1. The summed E-state index contributed by atoms with van der Waals surface area (Å²) >= 11 is 5.23. The van der Waals surface area contributed by atoms with E-state index < -0.39 is 0 Å². The summed E-state index contributed by atoms with van der Waals surface area (Å²) in [5.41, 5.74) is 6.17. The molecule has 3 atom stereocenters. The third-order valence-corrected chi connectivity index (χ3v) is 5.16. The van der Waals surface area contributed by atoms with E-state index in [4.69, 9.17) is 5.73 Å². The van der Waals surface area contributed by atoms with Crippen LogP contribution in [0.15, 0.2) is 15.9 Å². The van der Waals surface area contributed by atoms with E-state index in [1.165, 1.54) is 4.88 Å². The molecule has 0 aromatic carbocycles. The minimum absolute atomic E-state index is 0.0445. The van der Waals surface area contributed by atoms with Crippen molar-refractivity contribution in [3.63, 3.8) is 0 Å². The Kier molecular flexibility index (Phi) is 5.00. The molecule has 4 nitrogen and oxygen atoms in total. The molecule has 0 radical (unpaired) electrons. The molecule has 1 saturated heterocycles. The van der Waals surface area contributed by atoms with Gasteiger partial charge in [0.15, 0.2) is 0 Å². The highest BCUT2D eigenvalue weighted by Gasteiger charge is 2.32. The van der Waals surface area contributed by atoms with E-state index in [1.807, 2.05) is 6.92 Å². The van der Waals surface area contributed by atoms with Crippen molar-refractivity contribution in [3.8, 4) is 0 Å². The molecular formula is C13H20BrN3OS. The molecule has 106 valence electrons. The number of carbonyl (C=O) groups is 1. The minimum Gasteiger partial charge on any atom is -0.352 e. The molecule has 1 fully saturated rings. The molecule has 2 rings (SSSR count). The number of hydrogen-bond donors (Lipinski definition) is 2. The number of likely N-dealkylation sites (tertiary alicyclic amines) is 1. The van der Waals surface area contributed by atoms with E-state index in [9.17, 15) is 4.79 Å². The highest BCUT2D eigenvalue weighted by atomic mass is 79.9. The third kappa shape index (κ3) is 3.78. The fraction of sp³-hybridized carbons (Fsp3) is 0.615. The van der Waals surface area contributed by atoms with E-state index in [-0.39, 0.29) is 24.0 Å². The molecule has 19 heavy (non-hydrogen) atoms. The van der Waals surface area contributed by atoms with Crippen LogP contribution in [-0.4, -0.2) is 36.0 Å². The maximum atomic E-state index is 11.1. The van der Waals surface area contributed by atoms with Gasteiger partial charge in [-0.25, -0.2) is 0 Å². The van der Waals surface area contributed by atoms with Gasteiger partial charge in [0.2, 0.25) is 5.91 Å². The summed E-state index contributed by atoms with van der Waals surface area (Å²) in [4.78, 5) is 14.8. The van der Waals surface area contributed by atoms with Crippen molar-refractivity contribution < 1.29 is 4.79 Å². The van der Waals surface area contributed by atoms with Crippen LogP contribution in [0.1, 0.15) is 31.2 Å². The van der Waals surface area contributed by atoms with Gasteiger partial charge in [-0.15, -0.1) is 11.3 Å². The molecule has 0 saturated carbocycles. The number of nitrogens with two attached hydrogens (primary N) is 1. The second-order valence-corrected chi connectivity index (χ2v) is 7.01. The highest BCUT2D eigenvalue weighted by molar-refractivity contribution is 9.10. The van der Waals surface area contributed by atoms with Gasteiger partial charge in [0.25, 0.3) is 0 Å². The van der Waals surface area contributed by atoms with Crippen LogP contribution in [0.25, 0.3) is 0 Å². The van der Waals surface area contributed by atoms with Gasteiger partial charge in [-0.3, -0.25) is 9.69 Å². The van der Waals surface area contributed by atoms with Crippen molar-refractivity contribution in [1.82, 2.24) is 10.2 Å². The fourth-order valence-electron chi connectivity index (χ4n) is 2.70. The topological polar surface area (TPSA) is 58.4 Å². The second kappa shape index (κ2) is 6.35. The lowest BCUT2D eigenvalue weighted by molar-refractivity contribution is -0.119. The van der Waals surface area contributed by atoms with E-state index >= 15 is 0 Å². The van der Waals surface area contributed by atoms with Crippen molar-refractivity contribution in [2.24, 2.45) is 5.73 Å². The molecule has 1 aromatic heterocycles. The first-order chi connectivity index (χ1) is 8.97. The Balaban J connectivity index is 2.07. The van der Waals surface area contributed by atoms with Gasteiger partial charge in [0.1, 0.15) is 0 Å². The Morgan fingerprint density at radius 3 is 2.95 bits per heavy atom. The maximum Gasteiger partial charge on any atom is 0.217 e. The number of amides is 1. The Morgan fingerprint density at radius 2 is 2.42 bits per heavy atom. The number of carbonyl (C=O) groups excluding carboxylic acids is 1. The van der Waals surface area contributed by atoms with E-state index in [0.717, 1.165) is 24.0 Å². The highest BCUT2D eigenvalue weighted by Crippen LogP contribution is 2.33. The Bertz CT molecular complexity index is 449. The fourth-order valence-corrected chi connectivity index (χ4v) is 4.39. The lowest BCUT2D eigenvalue weighted by Crippen LogP contribution is -2.41. The van der Waals surface area contributed by atoms with Crippen LogP contribution in [0.2, 0.25) is 0 Å². The second-order valence-electron chi connectivity index (χ2n) is 5.15. The van der Waals surface area contributed by atoms with Gasteiger partial charge in [-0.05, 0) is 35.3 Å². The number of nitrogens with zero attached hydrogens (tertiary/aromatic N) is 1. The molecular weight excluding hydrogens is 326 g/mol. The van der Waals surface area contributed by atoms with Gasteiger partial charge in [-0.2, -0.15) is 0 Å². The summed E-state index contributed by atoms with van der Waals surface area (Å²) in [7, 11) is 0. The summed E-state index contributed by atoms with van der Waals surface area (Å²) in [6, 6.07) is 2.70. The Labute approximate surface area is 126 Å². The van der Waals surface area contributed by atoms with Crippen molar-refractivity contribution in [2.75, 3.05) is 13.1 Å². The van der Waals surface area contributed by atoms with Crippen molar-refractivity contribution in [2.45, 2.75) is 38.4 Å². The number of rotatable bonds is 4. The smallest absolute Gasteiger partial charge is 0.217 e. The van der Waals surface area contributed by atoms with Gasteiger partial charge < -0.3 is 11.1 Å². The first-order valence-electron chi connectivity index (χ1n) is 6.48. The minimum atomic E-state index is 0.0445. The van der Waals surface area contributed by atoms with Crippen molar-refractivity contribution in [3.05, 3.63) is 20.8 Å². The quantitative estimate of drug-likeness (QED) is 0.878. The molecule has 1 aliphatic rings. The maximum absolute atomic E-state index is 11.1. The average Bonchev–Trinajstić information content (AvgIpc) is 2.88. The van der Waals surface area contributed by atoms with Gasteiger partial charge in [0.05, 0.1) is 6.04 Å². The first kappa shape index (κ1) is 15.0. The Morgan fingerprint density at radius 1 is 1.68 bits per heavy atom. The van der Waals surface area contributed by atoms with Gasteiger partial charge in [-0.1, -0.05) is 0 Å². The lowest BCUT2D eigenvalue weighted by Gasteiger charge is -2.30. The third-order valence-electron chi connectivity index (χ3n) is 3.40. The number of thiophene rings is 1. The van der Waals surface area contributed by atoms with Crippen LogP contribution >= 0.6 is 27.3 Å². The molecule has 6 heteroatoms. The van der Waals surface area contributed by atoms with Crippen molar-refractivity contribution in [1.29, 1.82) is 0 Å². The molecule has 3 N–H and O–H groups in total. The Hall–Kier alpha value is -0.430. The van der Waals surface area contributed by atoms with Gasteiger partial charge in [0, 0.05) is 46.8 Å². The average molecular weight is 346 g/mol. The van der Waals surface area contributed by atoms with E-state index in [1.54, 1.807) is 18.3 Å². The molecule has 3 unspecified atom stereocenters. The molecule has 0 spiro atoms. The van der Waals surface area contributed by atoms with E-state index in [2.05, 4.69) is 37.6 Å². The monoisotopic (exact) mass is 345 g/mol. The van der Waals surface area contributed by atoms with Crippen LogP contribution in [0.4, 0.5) is 0 Å². The lowest BCUT2D eigenvalue weighted by atomic mass is 10.1. The van der Waals surface area contributed by atoms with Crippen LogP contribution in [0, 0.1) is 0 Å². The van der Waals surface area contributed by atoms with Crippen molar-refractivity contribution >= 4 is 33.2 Å². The molecule has 0 aliphatic carbocycles. The summed E-state index contributed by atoms with van der Waals surface area (Å²) in [5.74, 6) is 0.0445. The normalized spacial score (nSPS) is 23.3. The molecule has 1 amide bonds. The molecule has 0 bridgehead atoms. The number of hydrogen-bond acceptors (Lipinski definition) is 4. The van der Waals surface area contributed by atoms with E-state index in [0.29, 0.717) is 0 Å². The van der Waals surface area contributed by atoms with Crippen LogP contribution in [-0.2, 0) is 4.79 Å². The van der Waals surface area contributed by atoms with Gasteiger partial charge >= 0.3 is 0 Å². The number of halogens is 1. The predicted molar refractivity (Wildman–Crippen MR) is 82.2 cm³/mol. The van der Waals surface area contributed by atoms with Crippen LogP contribution in [0.5, 0.6) is 0 Å². The zero-order valence-electron chi connectivity index (χ0n) is 11.2. The predicted octanol–water partition coefficient (Wildman–Crippen LogP) is 2.11. The summed E-state index contributed by atoms with van der Waals surface area (Å²) in [6.07, 6.45) is 0.995. The standard InChI is InChI=1S/C13H20BrN3OS/c1-8(15)13(12-5-10(14)7-19-12)17-4-3-11(6-17)16-9(2)18/h5,7-8,11,13H,3-4,6,15H2,1-2H3,(H,16,18). The first-order valence-corrected chi connectivity index (χ1v) is 8.15. The van der Waals surface area contributed by atoms with Crippen LogP contribution < -0.4 is 11.1 Å². The summed E-state index contributed by atoms with van der Waals surface area (Å²) < 4.78 is 1.11. The molecule has 1 aliphatic heterocycles.